The van der Waals surface area contributed by atoms with Crippen LogP contribution in [-0.2, 0) is 17.8 Å². The van der Waals surface area contributed by atoms with Crippen molar-refractivity contribution in [1.29, 1.82) is 0 Å². The minimum absolute atomic E-state index is 0.0266. The Morgan fingerprint density at radius 2 is 2.19 bits per heavy atom. The Balaban J connectivity index is 1.86. The van der Waals surface area contributed by atoms with E-state index in [4.69, 9.17) is 5.73 Å². The molecule has 2 aliphatic heterocycles. The number of hydrogen-bond acceptors (Lipinski definition) is 3. The van der Waals surface area contributed by atoms with Gasteiger partial charge in [0.2, 0.25) is 5.91 Å². The first kappa shape index (κ1) is 14.1. The van der Waals surface area contributed by atoms with Gasteiger partial charge in [0.15, 0.2) is 0 Å². The molecule has 21 heavy (non-hydrogen) atoms. The zero-order valence-corrected chi connectivity index (χ0v) is 12.3. The van der Waals surface area contributed by atoms with Crippen LogP contribution in [0.4, 0.5) is 0 Å². The first-order chi connectivity index (χ1) is 10.0. The molecule has 112 valence electrons. The van der Waals surface area contributed by atoms with Crippen LogP contribution in [0.5, 0.6) is 0 Å². The van der Waals surface area contributed by atoms with Crippen molar-refractivity contribution in [3.63, 3.8) is 0 Å². The number of carbonyl (C=O) groups excluding carboxylic acids is 2. The quantitative estimate of drug-likeness (QED) is 0.839. The van der Waals surface area contributed by atoms with Crippen LogP contribution in [0, 0.1) is 5.41 Å². The van der Waals surface area contributed by atoms with E-state index in [1.807, 2.05) is 19.1 Å². The fourth-order valence-electron chi connectivity index (χ4n) is 3.24. The lowest BCUT2D eigenvalue weighted by atomic mass is 9.89. The predicted octanol–water partition coefficient (Wildman–Crippen LogP) is 0.670. The Kier molecular flexibility index (Phi) is 3.45. The fourth-order valence-corrected chi connectivity index (χ4v) is 3.24. The van der Waals surface area contributed by atoms with Gasteiger partial charge in [-0.25, -0.2) is 0 Å². The monoisotopic (exact) mass is 287 g/mol. The zero-order chi connectivity index (χ0) is 15.0. The van der Waals surface area contributed by atoms with Gasteiger partial charge in [0.1, 0.15) is 0 Å². The number of fused-ring (bicyclic) bond motifs is 1. The smallest absolute Gasteiger partial charge is 0.254 e. The van der Waals surface area contributed by atoms with Crippen LogP contribution >= 0.6 is 0 Å². The molecular formula is C16H21N3O2. The zero-order valence-electron chi connectivity index (χ0n) is 12.3. The van der Waals surface area contributed by atoms with E-state index >= 15 is 0 Å². The van der Waals surface area contributed by atoms with Crippen LogP contribution in [0.2, 0.25) is 0 Å². The van der Waals surface area contributed by atoms with Crippen LogP contribution in [0.25, 0.3) is 0 Å². The van der Waals surface area contributed by atoms with Gasteiger partial charge in [-0.3, -0.25) is 9.59 Å². The number of rotatable bonds is 2. The molecule has 3 rings (SSSR count). The Labute approximate surface area is 124 Å². The van der Waals surface area contributed by atoms with Gasteiger partial charge in [-0.15, -0.1) is 0 Å². The summed E-state index contributed by atoms with van der Waals surface area (Å²) in [6.07, 6.45) is 1.52. The highest BCUT2D eigenvalue weighted by Crippen LogP contribution is 2.31. The SMILES string of the molecule is CC1(C(N)=O)CCN(C(=O)c2cccc3c2CCNC3)C1. The molecule has 1 atom stereocenters. The maximum Gasteiger partial charge on any atom is 0.254 e. The summed E-state index contributed by atoms with van der Waals surface area (Å²) < 4.78 is 0. The van der Waals surface area contributed by atoms with Crippen LogP contribution in [0.3, 0.4) is 0 Å². The second kappa shape index (κ2) is 5.15. The lowest BCUT2D eigenvalue weighted by Gasteiger charge is -2.24. The van der Waals surface area contributed by atoms with Crippen molar-refractivity contribution in [2.24, 2.45) is 11.1 Å². The number of hydrogen-bond donors (Lipinski definition) is 2. The van der Waals surface area contributed by atoms with Gasteiger partial charge >= 0.3 is 0 Å². The maximum absolute atomic E-state index is 12.8. The highest BCUT2D eigenvalue weighted by atomic mass is 16.2. The summed E-state index contributed by atoms with van der Waals surface area (Å²) in [5.74, 6) is -0.296. The van der Waals surface area contributed by atoms with E-state index in [2.05, 4.69) is 11.4 Å². The fraction of sp³-hybridized carbons (Fsp3) is 0.500. The lowest BCUT2D eigenvalue weighted by Crippen LogP contribution is -2.39. The molecule has 1 saturated heterocycles. The lowest BCUT2D eigenvalue weighted by molar-refractivity contribution is -0.126. The average Bonchev–Trinajstić information content (AvgIpc) is 2.90. The Morgan fingerprint density at radius 3 is 2.90 bits per heavy atom. The molecule has 0 aliphatic carbocycles. The number of carbonyl (C=O) groups is 2. The van der Waals surface area contributed by atoms with Crippen molar-refractivity contribution >= 4 is 11.8 Å². The third kappa shape index (κ3) is 2.42. The van der Waals surface area contributed by atoms with Crippen molar-refractivity contribution in [2.75, 3.05) is 19.6 Å². The summed E-state index contributed by atoms with van der Waals surface area (Å²) in [6.45, 7) is 4.57. The molecule has 2 aliphatic rings. The molecule has 2 heterocycles. The predicted molar refractivity (Wildman–Crippen MR) is 79.7 cm³/mol. The molecule has 1 fully saturated rings. The second-order valence-electron chi connectivity index (χ2n) is 6.27. The molecule has 1 aromatic rings. The van der Waals surface area contributed by atoms with E-state index in [0.29, 0.717) is 19.5 Å². The van der Waals surface area contributed by atoms with Crippen molar-refractivity contribution in [1.82, 2.24) is 10.2 Å². The first-order valence-electron chi connectivity index (χ1n) is 7.42. The topological polar surface area (TPSA) is 75.4 Å². The van der Waals surface area contributed by atoms with E-state index in [0.717, 1.165) is 30.6 Å². The highest BCUT2D eigenvalue weighted by Gasteiger charge is 2.41. The summed E-state index contributed by atoms with van der Waals surface area (Å²) in [6, 6.07) is 5.89. The number of amides is 2. The van der Waals surface area contributed by atoms with Gasteiger partial charge in [0.25, 0.3) is 5.91 Å². The summed E-state index contributed by atoms with van der Waals surface area (Å²) in [7, 11) is 0. The molecule has 1 aromatic carbocycles. The number of primary amides is 1. The molecule has 1 unspecified atom stereocenters. The van der Waals surface area contributed by atoms with Gasteiger partial charge in [0.05, 0.1) is 5.41 Å². The number of benzene rings is 1. The van der Waals surface area contributed by atoms with Crippen LogP contribution in [-0.4, -0.2) is 36.3 Å². The Bertz CT molecular complexity index is 599. The number of nitrogens with two attached hydrogens (primary N) is 1. The van der Waals surface area contributed by atoms with E-state index in [9.17, 15) is 9.59 Å². The molecule has 5 heteroatoms. The van der Waals surface area contributed by atoms with Crippen molar-refractivity contribution < 1.29 is 9.59 Å². The summed E-state index contributed by atoms with van der Waals surface area (Å²) in [5, 5.41) is 3.32. The second-order valence-corrected chi connectivity index (χ2v) is 6.27. The normalized spacial score (nSPS) is 24.7. The van der Waals surface area contributed by atoms with E-state index in [-0.39, 0.29) is 11.8 Å². The minimum atomic E-state index is -0.591. The molecular weight excluding hydrogens is 266 g/mol. The van der Waals surface area contributed by atoms with E-state index in [1.54, 1.807) is 4.90 Å². The Morgan fingerprint density at radius 1 is 1.38 bits per heavy atom. The molecule has 5 nitrogen and oxygen atoms in total. The summed E-state index contributed by atoms with van der Waals surface area (Å²) in [4.78, 5) is 26.1. The molecule has 0 aromatic heterocycles. The van der Waals surface area contributed by atoms with Crippen LogP contribution in [0.15, 0.2) is 18.2 Å². The molecule has 0 spiro atoms. The minimum Gasteiger partial charge on any atom is -0.369 e. The summed E-state index contributed by atoms with van der Waals surface area (Å²) in [5.41, 5.74) is 7.99. The number of nitrogens with zero attached hydrogens (tertiary/aromatic N) is 1. The van der Waals surface area contributed by atoms with E-state index in [1.165, 1.54) is 5.56 Å². The molecule has 0 radical (unpaired) electrons. The van der Waals surface area contributed by atoms with Gasteiger partial charge in [-0.1, -0.05) is 12.1 Å². The van der Waals surface area contributed by atoms with E-state index < -0.39 is 5.41 Å². The summed E-state index contributed by atoms with van der Waals surface area (Å²) >= 11 is 0. The maximum atomic E-state index is 12.8. The van der Waals surface area contributed by atoms with Gasteiger partial charge in [-0.05, 0) is 43.5 Å². The third-order valence-corrected chi connectivity index (χ3v) is 4.73. The van der Waals surface area contributed by atoms with Crippen LogP contribution in [0.1, 0.15) is 34.8 Å². The first-order valence-corrected chi connectivity index (χ1v) is 7.42. The molecule has 2 amide bonds. The highest BCUT2D eigenvalue weighted by molar-refractivity contribution is 5.97. The van der Waals surface area contributed by atoms with Crippen molar-refractivity contribution in [3.05, 3.63) is 34.9 Å². The number of nitrogens with one attached hydrogen (secondary N) is 1. The van der Waals surface area contributed by atoms with Gasteiger partial charge in [-0.2, -0.15) is 0 Å². The average molecular weight is 287 g/mol. The largest absolute Gasteiger partial charge is 0.369 e. The third-order valence-electron chi connectivity index (χ3n) is 4.73. The van der Waals surface area contributed by atoms with Gasteiger partial charge in [0, 0.05) is 25.2 Å². The van der Waals surface area contributed by atoms with Crippen molar-refractivity contribution in [2.45, 2.75) is 26.3 Å². The molecule has 0 bridgehead atoms. The number of likely N-dealkylation sites (tertiary alicyclic amines) is 1. The van der Waals surface area contributed by atoms with Gasteiger partial charge < -0.3 is 16.0 Å². The molecule has 3 N–H and O–H groups in total. The van der Waals surface area contributed by atoms with Crippen molar-refractivity contribution in [3.8, 4) is 0 Å². The van der Waals surface area contributed by atoms with Crippen LogP contribution < -0.4 is 11.1 Å². The Hall–Kier alpha value is -1.88. The molecule has 0 saturated carbocycles. The standard InChI is InChI=1S/C16H21N3O2/c1-16(15(17)21)6-8-19(10-16)14(20)13-4-2-3-11-9-18-7-5-12(11)13/h2-4,18H,5-10H2,1H3,(H2,17,21).